The van der Waals surface area contributed by atoms with Gasteiger partial charge in [0.25, 0.3) is 0 Å². The minimum absolute atomic E-state index is 0.0256. The number of aromatic hydroxyl groups is 1. The van der Waals surface area contributed by atoms with Gasteiger partial charge >= 0.3 is 11.9 Å². The summed E-state index contributed by atoms with van der Waals surface area (Å²) in [7, 11) is 0. The first-order valence-electron chi connectivity index (χ1n) is 6.40. The molecule has 5 heteroatoms. The Labute approximate surface area is 116 Å². The minimum Gasteiger partial charge on any atom is -0.503 e. The second-order valence-electron chi connectivity index (χ2n) is 3.96. The Morgan fingerprint density at radius 1 is 1.20 bits per heavy atom. The van der Waals surface area contributed by atoms with Crippen molar-refractivity contribution in [3.05, 3.63) is 35.9 Å². The average Bonchev–Trinajstić information content (AvgIpc) is 2.77. The molecule has 0 aliphatic carbocycles. The van der Waals surface area contributed by atoms with E-state index in [9.17, 15) is 9.90 Å². The topological polar surface area (TPSA) is 68.9 Å². The van der Waals surface area contributed by atoms with Gasteiger partial charge in [0.05, 0.1) is 13.2 Å². The first kappa shape index (κ1) is 14.0. The summed E-state index contributed by atoms with van der Waals surface area (Å²) < 4.78 is 15.6. The van der Waals surface area contributed by atoms with Gasteiger partial charge in [0.15, 0.2) is 17.1 Å². The molecule has 0 atom stereocenters. The molecule has 106 valence electrons. The fourth-order valence-corrected chi connectivity index (χ4v) is 1.80. The van der Waals surface area contributed by atoms with E-state index in [0.717, 1.165) is 0 Å². The van der Waals surface area contributed by atoms with Crippen molar-refractivity contribution in [1.29, 1.82) is 0 Å². The molecule has 0 aliphatic heterocycles. The van der Waals surface area contributed by atoms with E-state index in [1.165, 1.54) is 0 Å². The minimum atomic E-state index is -0.667. The largest absolute Gasteiger partial charge is 0.503 e. The molecule has 1 N–H and O–H groups in total. The summed E-state index contributed by atoms with van der Waals surface area (Å²) >= 11 is 0. The third-order valence-corrected chi connectivity index (χ3v) is 2.64. The Hall–Kier alpha value is -2.43. The van der Waals surface area contributed by atoms with Crippen LogP contribution in [-0.2, 0) is 4.74 Å². The number of esters is 1. The van der Waals surface area contributed by atoms with Gasteiger partial charge in [-0.1, -0.05) is 30.3 Å². The summed E-state index contributed by atoms with van der Waals surface area (Å²) in [6.07, 6.45) is 0. The summed E-state index contributed by atoms with van der Waals surface area (Å²) in [4.78, 5) is 11.9. The predicted octanol–water partition coefficient (Wildman–Crippen LogP) is 3.23. The van der Waals surface area contributed by atoms with Crippen LogP contribution >= 0.6 is 0 Å². The molecule has 1 aromatic carbocycles. The molecule has 0 amide bonds. The molecule has 0 unspecified atom stereocenters. The van der Waals surface area contributed by atoms with Gasteiger partial charge in [-0.05, 0) is 13.8 Å². The van der Waals surface area contributed by atoms with Gasteiger partial charge in [-0.15, -0.1) is 0 Å². The van der Waals surface area contributed by atoms with E-state index >= 15 is 0 Å². The molecular weight excluding hydrogens is 260 g/mol. The Balaban J connectivity index is 2.50. The molecule has 5 nitrogen and oxygen atoms in total. The van der Waals surface area contributed by atoms with Crippen LogP contribution in [0.5, 0.6) is 11.7 Å². The van der Waals surface area contributed by atoms with Crippen LogP contribution in [-0.4, -0.2) is 24.3 Å². The van der Waals surface area contributed by atoms with Gasteiger partial charge in [-0.3, -0.25) is 0 Å². The molecular formula is C15H16O5. The highest BCUT2D eigenvalue weighted by atomic mass is 16.6. The van der Waals surface area contributed by atoms with Crippen molar-refractivity contribution in [1.82, 2.24) is 0 Å². The summed E-state index contributed by atoms with van der Waals surface area (Å²) in [5.41, 5.74) is 0.578. The molecule has 2 aromatic rings. The van der Waals surface area contributed by atoms with Crippen LogP contribution in [0, 0.1) is 0 Å². The Morgan fingerprint density at radius 3 is 2.50 bits per heavy atom. The molecule has 0 saturated carbocycles. The molecule has 0 fully saturated rings. The molecule has 0 saturated heterocycles. The number of hydrogen-bond acceptors (Lipinski definition) is 5. The lowest BCUT2D eigenvalue weighted by atomic mass is 10.1. The van der Waals surface area contributed by atoms with Crippen molar-refractivity contribution in [3.63, 3.8) is 0 Å². The molecule has 20 heavy (non-hydrogen) atoms. The lowest BCUT2D eigenvalue weighted by molar-refractivity contribution is 0.0516. The maximum absolute atomic E-state index is 11.9. The zero-order valence-corrected chi connectivity index (χ0v) is 11.4. The summed E-state index contributed by atoms with van der Waals surface area (Å²) in [6.45, 7) is 3.97. The van der Waals surface area contributed by atoms with Crippen LogP contribution in [0.25, 0.3) is 11.3 Å². The van der Waals surface area contributed by atoms with Crippen LogP contribution in [0.1, 0.15) is 24.2 Å². The first-order chi connectivity index (χ1) is 9.69. The molecule has 1 heterocycles. The highest BCUT2D eigenvalue weighted by molar-refractivity contribution is 5.97. The van der Waals surface area contributed by atoms with E-state index in [4.69, 9.17) is 13.9 Å². The third-order valence-electron chi connectivity index (χ3n) is 2.64. The lowest BCUT2D eigenvalue weighted by Crippen LogP contribution is -2.06. The fraction of sp³-hybridized carbons (Fsp3) is 0.267. The molecule has 2 rings (SSSR count). The lowest BCUT2D eigenvalue weighted by Gasteiger charge is -2.02. The summed E-state index contributed by atoms with van der Waals surface area (Å²) in [6, 6.07) is 9.00. The van der Waals surface area contributed by atoms with Crippen LogP contribution in [0.4, 0.5) is 0 Å². The summed E-state index contributed by atoms with van der Waals surface area (Å²) in [5.74, 6) is -0.767. The smallest absolute Gasteiger partial charge is 0.349 e. The first-order valence-corrected chi connectivity index (χ1v) is 6.40. The second kappa shape index (κ2) is 6.14. The normalized spacial score (nSPS) is 10.3. The van der Waals surface area contributed by atoms with Crippen molar-refractivity contribution in [2.75, 3.05) is 13.2 Å². The van der Waals surface area contributed by atoms with E-state index in [1.807, 2.05) is 18.2 Å². The number of carbonyl (C=O) groups is 1. The van der Waals surface area contributed by atoms with E-state index in [-0.39, 0.29) is 29.6 Å². The van der Waals surface area contributed by atoms with Crippen LogP contribution < -0.4 is 4.74 Å². The van der Waals surface area contributed by atoms with Gasteiger partial charge in [0, 0.05) is 5.56 Å². The van der Waals surface area contributed by atoms with Gasteiger partial charge in [-0.25, -0.2) is 4.79 Å². The summed E-state index contributed by atoms with van der Waals surface area (Å²) in [5, 5.41) is 10.2. The molecule has 0 spiro atoms. The predicted molar refractivity (Wildman–Crippen MR) is 72.9 cm³/mol. The van der Waals surface area contributed by atoms with Crippen LogP contribution in [0.15, 0.2) is 34.7 Å². The molecule has 0 aliphatic rings. The quantitative estimate of drug-likeness (QED) is 0.849. The fourth-order valence-electron chi connectivity index (χ4n) is 1.80. The van der Waals surface area contributed by atoms with Crippen molar-refractivity contribution in [3.8, 4) is 23.0 Å². The molecule has 1 aromatic heterocycles. The Kier molecular flexibility index (Phi) is 4.30. The number of carbonyl (C=O) groups excluding carboxylic acids is 1. The van der Waals surface area contributed by atoms with Gasteiger partial charge in [0.2, 0.25) is 0 Å². The van der Waals surface area contributed by atoms with Crippen LogP contribution in [0.3, 0.4) is 0 Å². The number of benzene rings is 1. The van der Waals surface area contributed by atoms with Gasteiger partial charge in [0.1, 0.15) is 0 Å². The van der Waals surface area contributed by atoms with E-state index in [0.29, 0.717) is 12.2 Å². The number of rotatable bonds is 5. The zero-order valence-electron chi connectivity index (χ0n) is 11.4. The van der Waals surface area contributed by atoms with E-state index in [1.54, 1.807) is 26.0 Å². The Bertz CT molecular complexity index is 586. The maximum atomic E-state index is 11.9. The molecule has 0 radical (unpaired) electrons. The van der Waals surface area contributed by atoms with Crippen molar-refractivity contribution in [2.24, 2.45) is 0 Å². The highest BCUT2D eigenvalue weighted by Crippen LogP contribution is 2.41. The standard InChI is InChI=1S/C15H16O5/c1-3-18-14(17)11-12(16)13(20-15(11)19-4-2)10-8-6-5-7-9-10/h5-9,16H,3-4H2,1-2H3. The number of ether oxygens (including phenoxy) is 2. The van der Waals surface area contributed by atoms with Crippen LogP contribution in [0.2, 0.25) is 0 Å². The Morgan fingerprint density at radius 2 is 1.90 bits per heavy atom. The zero-order chi connectivity index (χ0) is 14.5. The third kappa shape index (κ3) is 2.61. The highest BCUT2D eigenvalue weighted by Gasteiger charge is 2.28. The molecule has 0 bridgehead atoms. The van der Waals surface area contributed by atoms with Crippen molar-refractivity contribution >= 4 is 5.97 Å². The van der Waals surface area contributed by atoms with Gasteiger partial charge in [-0.2, -0.15) is 0 Å². The number of furan rings is 1. The van der Waals surface area contributed by atoms with E-state index in [2.05, 4.69) is 0 Å². The average molecular weight is 276 g/mol. The number of hydrogen-bond donors (Lipinski definition) is 1. The van der Waals surface area contributed by atoms with Crippen molar-refractivity contribution < 1.29 is 23.8 Å². The monoisotopic (exact) mass is 276 g/mol. The van der Waals surface area contributed by atoms with E-state index < -0.39 is 5.97 Å². The maximum Gasteiger partial charge on any atom is 0.349 e. The second-order valence-corrected chi connectivity index (χ2v) is 3.96. The van der Waals surface area contributed by atoms with Gasteiger partial charge < -0.3 is 19.0 Å². The van der Waals surface area contributed by atoms with Crippen molar-refractivity contribution in [2.45, 2.75) is 13.8 Å². The SMILES string of the molecule is CCOC(=O)c1c(OCC)oc(-c2ccccc2)c1O.